The fourth-order valence-corrected chi connectivity index (χ4v) is 1.45. The fourth-order valence-electron chi connectivity index (χ4n) is 1.45. The van der Waals surface area contributed by atoms with E-state index in [0.717, 1.165) is 23.6 Å². The zero-order chi connectivity index (χ0) is 9.80. The van der Waals surface area contributed by atoms with Crippen molar-refractivity contribution in [2.75, 3.05) is 19.8 Å². The van der Waals surface area contributed by atoms with E-state index in [4.69, 9.17) is 9.84 Å². The summed E-state index contributed by atoms with van der Waals surface area (Å²) in [6.07, 6.45) is 0.702. The van der Waals surface area contributed by atoms with Crippen LogP contribution in [0, 0.1) is 0 Å². The Balaban J connectivity index is 2.13. The van der Waals surface area contributed by atoms with Crippen LogP contribution in [0.1, 0.15) is 11.1 Å². The van der Waals surface area contributed by atoms with E-state index >= 15 is 0 Å². The molecule has 3 heteroatoms. The molecule has 1 aliphatic heterocycles. The van der Waals surface area contributed by atoms with Gasteiger partial charge in [0.05, 0.1) is 6.54 Å². The number of hydrogen-bond acceptors (Lipinski definition) is 3. The molecule has 1 aromatic carbocycles. The van der Waals surface area contributed by atoms with Crippen LogP contribution < -0.4 is 0 Å². The van der Waals surface area contributed by atoms with Gasteiger partial charge in [0.15, 0.2) is 0 Å². The van der Waals surface area contributed by atoms with Gasteiger partial charge in [-0.25, -0.2) is 4.99 Å². The molecule has 1 heterocycles. The number of benzene rings is 1. The topological polar surface area (TPSA) is 41.8 Å². The molecule has 0 amide bonds. The number of aliphatic hydroxyl groups is 1. The average molecular weight is 191 g/mol. The lowest BCUT2D eigenvalue weighted by Crippen LogP contribution is -2.01. The number of rotatable bonds is 3. The minimum absolute atomic E-state index is 0.191. The molecule has 0 unspecified atom stereocenters. The van der Waals surface area contributed by atoms with Crippen molar-refractivity contribution < 1.29 is 9.84 Å². The number of nitrogens with zero attached hydrogens (tertiary/aromatic N) is 1. The second-order valence-corrected chi connectivity index (χ2v) is 3.21. The van der Waals surface area contributed by atoms with Gasteiger partial charge in [0.25, 0.3) is 0 Å². The van der Waals surface area contributed by atoms with Gasteiger partial charge in [-0.05, 0) is 24.1 Å². The van der Waals surface area contributed by atoms with Crippen molar-refractivity contribution in [2.45, 2.75) is 6.42 Å². The Kier molecular flexibility index (Phi) is 2.79. The summed E-state index contributed by atoms with van der Waals surface area (Å²) in [6.45, 7) is 1.64. The Bertz CT molecular complexity index is 330. The third kappa shape index (κ3) is 1.93. The first-order valence-electron chi connectivity index (χ1n) is 4.77. The summed E-state index contributed by atoms with van der Waals surface area (Å²) in [4.78, 5) is 4.23. The summed E-state index contributed by atoms with van der Waals surface area (Å²) < 4.78 is 5.34. The summed E-state index contributed by atoms with van der Waals surface area (Å²) in [7, 11) is 0. The monoisotopic (exact) mass is 191 g/mol. The zero-order valence-electron chi connectivity index (χ0n) is 7.94. The van der Waals surface area contributed by atoms with Crippen LogP contribution in [0.25, 0.3) is 0 Å². The summed E-state index contributed by atoms with van der Waals surface area (Å²) in [5.41, 5.74) is 2.15. The minimum atomic E-state index is 0.191. The second kappa shape index (κ2) is 4.24. The second-order valence-electron chi connectivity index (χ2n) is 3.21. The van der Waals surface area contributed by atoms with E-state index in [2.05, 4.69) is 4.99 Å². The molecule has 0 radical (unpaired) electrons. The lowest BCUT2D eigenvalue weighted by Gasteiger charge is -2.02. The molecule has 0 aliphatic carbocycles. The first kappa shape index (κ1) is 9.21. The average Bonchev–Trinajstić information content (AvgIpc) is 2.72. The molecule has 3 nitrogen and oxygen atoms in total. The molecule has 2 rings (SSSR count). The molecule has 0 atom stereocenters. The van der Waals surface area contributed by atoms with Gasteiger partial charge in [0.1, 0.15) is 6.61 Å². The quantitative estimate of drug-likeness (QED) is 0.774. The Hall–Kier alpha value is -1.35. The van der Waals surface area contributed by atoms with Gasteiger partial charge in [0, 0.05) is 12.2 Å². The van der Waals surface area contributed by atoms with Gasteiger partial charge < -0.3 is 9.84 Å². The Morgan fingerprint density at radius 2 is 2.07 bits per heavy atom. The number of ether oxygens (including phenoxy) is 1. The predicted octanol–water partition coefficient (Wildman–Crippen LogP) is 0.998. The molecule has 0 bridgehead atoms. The highest BCUT2D eigenvalue weighted by molar-refractivity contribution is 5.94. The van der Waals surface area contributed by atoms with Gasteiger partial charge in [-0.1, -0.05) is 12.1 Å². The van der Waals surface area contributed by atoms with E-state index in [1.165, 1.54) is 0 Å². The molecule has 0 saturated heterocycles. The highest BCUT2D eigenvalue weighted by Gasteiger charge is 2.09. The van der Waals surface area contributed by atoms with E-state index < -0.39 is 0 Å². The molecule has 0 saturated carbocycles. The van der Waals surface area contributed by atoms with Crippen LogP contribution in [0.3, 0.4) is 0 Å². The summed E-state index contributed by atoms with van der Waals surface area (Å²) in [5, 5.41) is 8.75. The first-order chi connectivity index (χ1) is 6.90. The SMILES string of the molecule is OCCc1ccc(C2=NCCO2)cc1. The summed E-state index contributed by atoms with van der Waals surface area (Å²) >= 11 is 0. The molecular weight excluding hydrogens is 178 g/mol. The summed E-state index contributed by atoms with van der Waals surface area (Å²) in [5.74, 6) is 0.737. The molecular formula is C11H13NO2. The molecule has 1 aromatic rings. The van der Waals surface area contributed by atoms with Crippen molar-refractivity contribution in [2.24, 2.45) is 4.99 Å². The van der Waals surface area contributed by atoms with Crippen molar-refractivity contribution in [1.29, 1.82) is 0 Å². The van der Waals surface area contributed by atoms with Crippen LogP contribution >= 0.6 is 0 Å². The van der Waals surface area contributed by atoms with Crippen molar-refractivity contribution in [3.8, 4) is 0 Å². The van der Waals surface area contributed by atoms with Gasteiger partial charge >= 0.3 is 0 Å². The Labute approximate surface area is 83.1 Å². The molecule has 0 aromatic heterocycles. The maximum absolute atomic E-state index is 8.75. The standard InChI is InChI=1S/C11H13NO2/c13-7-5-9-1-3-10(4-2-9)11-12-6-8-14-11/h1-4,13H,5-8H2. The largest absolute Gasteiger partial charge is 0.476 e. The number of aliphatic hydroxyl groups excluding tert-OH is 1. The lowest BCUT2D eigenvalue weighted by atomic mass is 10.1. The zero-order valence-corrected chi connectivity index (χ0v) is 7.94. The smallest absolute Gasteiger partial charge is 0.216 e. The number of aliphatic imine (C=N–C) groups is 1. The normalized spacial score (nSPS) is 15.1. The van der Waals surface area contributed by atoms with Crippen molar-refractivity contribution >= 4 is 5.90 Å². The van der Waals surface area contributed by atoms with E-state index in [9.17, 15) is 0 Å². The molecule has 14 heavy (non-hydrogen) atoms. The maximum atomic E-state index is 8.75. The van der Waals surface area contributed by atoms with Crippen molar-refractivity contribution in [1.82, 2.24) is 0 Å². The summed E-state index contributed by atoms with van der Waals surface area (Å²) in [6, 6.07) is 7.95. The maximum Gasteiger partial charge on any atom is 0.216 e. The van der Waals surface area contributed by atoms with E-state index in [-0.39, 0.29) is 6.61 Å². The van der Waals surface area contributed by atoms with Crippen LogP contribution in [0.5, 0.6) is 0 Å². The molecule has 1 aliphatic rings. The Morgan fingerprint density at radius 3 is 2.64 bits per heavy atom. The van der Waals surface area contributed by atoms with Crippen molar-refractivity contribution in [3.63, 3.8) is 0 Å². The van der Waals surface area contributed by atoms with Crippen LogP contribution in [0.15, 0.2) is 29.3 Å². The van der Waals surface area contributed by atoms with Gasteiger partial charge in [-0.3, -0.25) is 0 Å². The third-order valence-electron chi connectivity index (χ3n) is 2.19. The van der Waals surface area contributed by atoms with Gasteiger partial charge in [-0.15, -0.1) is 0 Å². The van der Waals surface area contributed by atoms with Crippen LogP contribution in [-0.2, 0) is 11.2 Å². The van der Waals surface area contributed by atoms with Crippen LogP contribution in [-0.4, -0.2) is 30.8 Å². The Morgan fingerprint density at radius 1 is 1.29 bits per heavy atom. The van der Waals surface area contributed by atoms with Crippen molar-refractivity contribution in [3.05, 3.63) is 35.4 Å². The van der Waals surface area contributed by atoms with E-state index in [1.807, 2.05) is 24.3 Å². The first-order valence-corrected chi connectivity index (χ1v) is 4.77. The van der Waals surface area contributed by atoms with E-state index in [1.54, 1.807) is 0 Å². The highest BCUT2D eigenvalue weighted by Crippen LogP contribution is 2.09. The van der Waals surface area contributed by atoms with Crippen LogP contribution in [0.2, 0.25) is 0 Å². The van der Waals surface area contributed by atoms with Gasteiger partial charge in [-0.2, -0.15) is 0 Å². The lowest BCUT2D eigenvalue weighted by molar-refractivity contribution is 0.299. The molecule has 0 fully saturated rings. The fraction of sp³-hybridized carbons (Fsp3) is 0.364. The molecule has 0 spiro atoms. The minimum Gasteiger partial charge on any atom is -0.476 e. The van der Waals surface area contributed by atoms with Gasteiger partial charge in [0.2, 0.25) is 5.90 Å². The highest BCUT2D eigenvalue weighted by atomic mass is 16.5. The number of hydrogen-bond donors (Lipinski definition) is 1. The third-order valence-corrected chi connectivity index (χ3v) is 2.19. The van der Waals surface area contributed by atoms with E-state index in [0.29, 0.717) is 13.0 Å². The predicted molar refractivity (Wildman–Crippen MR) is 54.6 cm³/mol. The molecule has 74 valence electrons. The molecule has 1 N–H and O–H groups in total. The van der Waals surface area contributed by atoms with Crippen LogP contribution in [0.4, 0.5) is 0 Å².